The van der Waals surface area contributed by atoms with Crippen molar-refractivity contribution in [3.05, 3.63) is 109 Å². The summed E-state index contributed by atoms with van der Waals surface area (Å²) < 4.78 is 17.4. The Morgan fingerprint density at radius 1 is 0.359 bits per heavy atom. The second kappa shape index (κ2) is 53.9. The number of hydrogen-bond donors (Lipinski definition) is 0. The Bertz CT molecular complexity index is 1280. The van der Waals surface area contributed by atoms with Crippen LogP contribution in [0.2, 0.25) is 0 Å². The molecule has 5 heteroatoms. The highest BCUT2D eigenvalue weighted by molar-refractivity contribution is 5.70. The van der Waals surface area contributed by atoms with Crippen molar-refractivity contribution in [2.75, 3.05) is 19.8 Å². The lowest BCUT2D eigenvalue weighted by atomic mass is 10.1. The molecule has 0 spiro atoms. The highest BCUT2D eigenvalue weighted by Gasteiger charge is 2.17. The first kappa shape index (κ1) is 60.6. The Balaban J connectivity index is 4.35. The highest BCUT2D eigenvalue weighted by Crippen LogP contribution is 2.13. The van der Waals surface area contributed by atoms with E-state index in [4.69, 9.17) is 14.2 Å². The van der Waals surface area contributed by atoms with E-state index in [2.05, 4.69) is 130 Å². The zero-order valence-corrected chi connectivity index (χ0v) is 41.8. The van der Waals surface area contributed by atoms with Gasteiger partial charge in [-0.25, -0.2) is 0 Å². The van der Waals surface area contributed by atoms with Crippen LogP contribution in [0.15, 0.2) is 109 Å². The van der Waals surface area contributed by atoms with E-state index in [1.807, 2.05) is 0 Å². The first-order chi connectivity index (χ1) is 31.6. The fraction of sp³-hybridized carbons (Fsp3) is 0.661. The third-order valence-electron chi connectivity index (χ3n) is 10.8. The first-order valence-corrected chi connectivity index (χ1v) is 26.4. The standard InChI is InChI=1S/C59H98O5/c1-4-7-10-13-16-19-22-25-27-28-29-30-31-33-36-39-42-45-48-51-54-62-55-57(64-59(61)53-50-47-44-41-38-34-24-21-18-15-12-9-6-3)56-63-58(60)52-49-46-43-40-37-35-32-26-23-20-17-14-11-8-5-2/h7,9-10,12,16-21,25-27,29-30,32,34,38,57H,4-6,8,11,13-15,22-24,28,31,33,35-37,39-56H2,1-3H3/b10-7-,12-9-,19-16-,20-17-,21-18-,27-25-,30-29-,32-26-,38-34-. The third kappa shape index (κ3) is 51.2. The lowest BCUT2D eigenvalue weighted by Gasteiger charge is -2.18. The lowest BCUT2D eigenvalue weighted by Crippen LogP contribution is -2.30. The SMILES string of the molecule is CC/C=C\C/C=C\C/C=C\C/C=C\CCCCCCCCCOCC(COC(=O)CCCCCCC/C=C\C/C=C\CCCCC)OC(=O)CCCCC/C=C\C/C=C\C/C=C\CC. The van der Waals surface area contributed by atoms with Crippen LogP contribution in [0.1, 0.15) is 226 Å². The zero-order chi connectivity index (χ0) is 46.3. The molecule has 0 amide bonds. The molecule has 0 saturated heterocycles. The van der Waals surface area contributed by atoms with Crippen molar-refractivity contribution in [3.8, 4) is 0 Å². The summed E-state index contributed by atoms with van der Waals surface area (Å²) in [4.78, 5) is 25.4. The van der Waals surface area contributed by atoms with E-state index < -0.39 is 6.10 Å². The molecule has 1 unspecified atom stereocenters. The Morgan fingerprint density at radius 3 is 1.14 bits per heavy atom. The van der Waals surface area contributed by atoms with Crippen LogP contribution < -0.4 is 0 Å². The molecule has 0 aromatic carbocycles. The summed E-state index contributed by atoms with van der Waals surface area (Å²) >= 11 is 0. The number of esters is 2. The van der Waals surface area contributed by atoms with Gasteiger partial charge in [0.15, 0.2) is 6.10 Å². The van der Waals surface area contributed by atoms with Crippen LogP contribution in [0.3, 0.4) is 0 Å². The molecule has 0 rings (SSSR count). The van der Waals surface area contributed by atoms with Crippen molar-refractivity contribution in [2.45, 2.75) is 232 Å². The fourth-order valence-electron chi connectivity index (χ4n) is 6.90. The van der Waals surface area contributed by atoms with E-state index in [0.717, 1.165) is 122 Å². The van der Waals surface area contributed by atoms with Crippen LogP contribution in [0.25, 0.3) is 0 Å². The average molecular weight is 887 g/mol. The molecule has 0 aliphatic carbocycles. The smallest absolute Gasteiger partial charge is 0.306 e. The van der Waals surface area contributed by atoms with Crippen molar-refractivity contribution in [2.24, 2.45) is 0 Å². The quantitative estimate of drug-likeness (QED) is 0.0346. The van der Waals surface area contributed by atoms with Crippen LogP contribution in [0.4, 0.5) is 0 Å². The number of allylic oxidation sites excluding steroid dienone is 18. The van der Waals surface area contributed by atoms with Crippen LogP contribution in [-0.2, 0) is 23.8 Å². The maximum absolute atomic E-state index is 12.8. The van der Waals surface area contributed by atoms with Crippen molar-refractivity contribution < 1.29 is 23.8 Å². The van der Waals surface area contributed by atoms with Gasteiger partial charge in [0.05, 0.1) is 6.61 Å². The maximum Gasteiger partial charge on any atom is 0.306 e. The molecular weight excluding hydrogens is 789 g/mol. The number of ether oxygens (including phenoxy) is 3. The molecule has 0 aliphatic rings. The molecule has 0 N–H and O–H groups in total. The molecule has 0 aromatic rings. The molecule has 5 nitrogen and oxygen atoms in total. The van der Waals surface area contributed by atoms with Crippen LogP contribution >= 0.6 is 0 Å². The van der Waals surface area contributed by atoms with Crippen molar-refractivity contribution in [1.29, 1.82) is 0 Å². The van der Waals surface area contributed by atoms with E-state index in [-0.39, 0.29) is 25.2 Å². The van der Waals surface area contributed by atoms with Gasteiger partial charge in [-0.15, -0.1) is 0 Å². The van der Waals surface area contributed by atoms with E-state index in [9.17, 15) is 9.59 Å². The number of rotatable bonds is 47. The minimum atomic E-state index is -0.570. The van der Waals surface area contributed by atoms with Crippen molar-refractivity contribution >= 4 is 11.9 Å². The van der Waals surface area contributed by atoms with Gasteiger partial charge in [-0.3, -0.25) is 9.59 Å². The van der Waals surface area contributed by atoms with Crippen molar-refractivity contribution in [3.63, 3.8) is 0 Å². The third-order valence-corrected chi connectivity index (χ3v) is 10.8. The maximum atomic E-state index is 12.8. The molecular formula is C59H98O5. The fourth-order valence-corrected chi connectivity index (χ4v) is 6.90. The Kier molecular flexibility index (Phi) is 51.0. The number of carbonyl (C=O) groups excluding carboxylic acids is 2. The predicted molar refractivity (Wildman–Crippen MR) is 279 cm³/mol. The van der Waals surface area contributed by atoms with E-state index in [1.54, 1.807) is 0 Å². The average Bonchev–Trinajstić information content (AvgIpc) is 3.30. The zero-order valence-electron chi connectivity index (χ0n) is 41.8. The van der Waals surface area contributed by atoms with Crippen LogP contribution in [0, 0.1) is 0 Å². The van der Waals surface area contributed by atoms with Gasteiger partial charge in [-0.2, -0.15) is 0 Å². The van der Waals surface area contributed by atoms with Gasteiger partial charge >= 0.3 is 11.9 Å². The summed E-state index contributed by atoms with van der Waals surface area (Å²) in [6.45, 7) is 7.50. The number of unbranched alkanes of at least 4 members (excludes halogenated alkanes) is 18. The lowest BCUT2D eigenvalue weighted by molar-refractivity contribution is -0.163. The van der Waals surface area contributed by atoms with Gasteiger partial charge in [0.1, 0.15) is 6.61 Å². The van der Waals surface area contributed by atoms with Gasteiger partial charge < -0.3 is 14.2 Å². The molecule has 0 aliphatic heterocycles. The normalized spacial score (nSPS) is 13.1. The molecule has 0 radical (unpaired) electrons. The minimum absolute atomic E-state index is 0.0554. The van der Waals surface area contributed by atoms with Gasteiger partial charge in [-0.05, 0) is 122 Å². The Labute approximate surface area is 395 Å². The summed E-state index contributed by atoms with van der Waals surface area (Å²) in [5, 5.41) is 0. The van der Waals surface area contributed by atoms with Gasteiger partial charge in [-0.1, -0.05) is 201 Å². The van der Waals surface area contributed by atoms with E-state index >= 15 is 0 Å². The highest BCUT2D eigenvalue weighted by atomic mass is 16.6. The summed E-state index contributed by atoms with van der Waals surface area (Å²) in [5.74, 6) is -0.458. The molecule has 0 heterocycles. The second-order valence-corrected chi connectivity index (χ2v) is 17.0. The molecule has 64 heavy (non-hydrogen) atoms. The molecule has 1 atom stereocenters. The topological polar surface area (TPSA) is 61.8 Å². The van der Waals surface area contributed by atoms with E-state index in [0.29, 0.717) is 19.4 Å². The van der Waals surface area contributed by atoms with Gasteiger partial charge in [0.2, 0.25) is 0 Å². The predicted octanol–water partition coefficient (Wildman–Crippen LogP) is 18.0. The second-order valence-electron chi connectivity index (χ2n) is 17.0. The summed E-state index contributed by atoms with van der Waals surface area (Å²) in [6, 6.07) is 0. The number of hydrogen-bond acceptors (Lipinski definition) is 5. The summed E-state index contributed by atoms with van der Waals surface area (Å²) in [5.41, 5.74) is 0. The summed E-state index contributed by atoms with van der Waals surface area (Å²) in [6.07, 6.45) is 73.9. The van der Waals surface area contributed by atoms with Crippen LogP contribution in [-0.4, -0.2) is 37.9 Å². The van der Waals surface area contributed by atoms with Gasteiger partial charge in [0.25, 0.3) is 0 Å². The number of carbonyl (C=O) groups is 2. The molecule has 0 fully saturated rings. The molecule has 364 valence electrons. The molecule has 0 bridgehead atoms. The first-order valence-electron chi connectivity index (χ1n) is 26.4. The Morgan fingerprint density at radius 2 is 0.703 bits per heavy atom. The minimum Gasteiger partial charge on any atom is -0.462 e. The van der Waals surface area contributed by atoms with Gasteiger partial charge in [0, 0.05) is 19.4 Å². The Hall–Kier alpha value is -3.44. The van der Waals surface area contributed by atoms with Crippen molar-refractivity contribution in [1.82, 2.24) is 0 Å². The van der Waals surface area contributed by atoms with Crippen LogP contribution in [0.5, 0.6) is 0 Å². The summed E-state index contributed by atoms with van der Waals surface area (Å²) in [7, 11) is 0. The molecule has 0 saturated carbocycles. The van der Waals surface area contributed by atoms with E-state index in [1.165, 1.54) is 70.6 Å². The molecule has 0 aromatic heterocycles. The largest absolute Gasteiger partial charge is 0.462 e. The monoisotopic (exact) mass is 887 g/mol.